The zero-order valence-electron chi connectivity index (χ0n) is 18.8. The third-order valence-corrected chi connectivity index (χ3v) is 5.46. The topological polar surface area (TPSA) is 112 Å². The lowest BCUT2D eigenvalue weighted by Crippen LogP contribution is -2.39. The first-order chi connectivity index (χ1) is 15.3. The van der Waals surface area contributed by atoms with Gasteiger partial charge in [-0.1, -0.05) is 6.07 Å². The Labute approximate surface area is 189 Å². The molecule has 32 heavy (non-hydrogen) atoms. The Bertz CT molecular complexity index is 987. The van der Waals surface area contributed by atoms with Crippen molar-refractivity contribution in [3.8, 4) is 23.3 Å². The van der Waals surface area contributed by atoms with Gasteiger partial charge in [0.05, 0.1) is 33.1 Å². The molecule has 0 aliphatic carbocycles. The highest BCUT2D eigenvalue weighted by Gasteiger charge is 2.21. The predicted molar refractivity (Wildman–Crippen MR) is 120 cm³/mol. The quantitative estimate of drug-likeness (QED) is 0.524. The van der Waals surface area contributed by atoms with Crippen LogP contribution in [0.3, 0.4) is 0 Å². The number of rotatable bonds is 10. The van der Waals surface area contributed by atoms with Crippen LogP contribution < -0.4 is 23.7 Å². The molecule has 0 spiro atoms. The molecule has 10 nitrogen and oxygen atoms in total. The fraction of sp³-hybridized carbons (Fsp3) is 0.524. The number of nitrogens with one attached hydrogen (secondary N) is 1. The van der Waals surface area contributed by atoms with Crippen LogP contribution in [0.25, 0.3) is 0 Å². The molecule has 2 heterocycles. The summed E-state index contributed by atoms with van der Waals surface area (Å²) in [6.07, 6.45) is 2.87. The molecule has 1 N–H and O–H groups in total. The number of piperidine rings is 1. The van der Waals surface area contributed by atoms with Crippen LogP contribution >= 0.6 is 0 Å². The number of methoxy groups -OCH3 is 2. The Morgan fingerprint density at radius 3 is 2.28 bits per heavy atom. The lowest BCUT2D eigenvalue weighted by atomic mass is 10.0. The van der Waals surface area contributed by atoms with Gasteiger partial charge in [-0.25, -0.2) is 0 Å². The third-order valence-electron chi connectivity index (χ3n) is 4.97. The van der Waals surface area contributed by atoms with Gasteiger partial charge in [0.2, 0.25) is 17.7 Å². The summed E-state index contributed by atoms with van der Waals surface area (Å²) in [4.78, 5) is 11.0. The Morgan fingerprint density at radius 2 is 1.72 bits per heavy atom. The molecule has 1 fully saturated rings. The van der Waals surface area contributed by atoms with Crippen LogP contribution in [-0.4, -0.2) is 69.5 Å². The number of aromatic nitrogens is 2. The Morgan fingerprint density at radius 1 is 1.06 bits per heavy atom. The minimum absolute atomic E-state index is 0.203. The van der Waals surface area contributed by atoms with Gasteiger partial charge >= 0.3 is 10.1 Å². The summed E-state index contributed by atoms with van der Waals surface area (Å²) >= 11 is 0. The van der Waals surface area contributed by atoms with Crippen LogP contribution in [0.15, 0.2) is 24.3 Å². The van der Waals surface area contributed by atoms with E-state index in [0.29, 0.717) is 30.1 Å². The maximum Gasteiger partial charge on any atom is 0.306 e. The third kappa shape index (κ3) is 6.86. The normalized spacial score (nSPS) is 15.2. The number of hydrogen-bond acceptors (Lipinski definition) is 10. The molecule has 1 aromatic carbocycles. The highest BCUT2D eigenvalue weighted by Crippen LogP contribution is 2.30. The molecule has 0 amide bonds. The standard InChI is InChI=1S/C21H30N4O6S/c1-5-30-18-12-15(6-7-17(18)31-32(4,26)27)14-25-10-8-16(9-11-25)22-21-23-19(28-2)13-20(24-21)29-3/h6-7,12-13,16H,5,8-11,14H2,1-4H3,(H,22,23,24). The molecule has 0 atom stereocenters. The van der Waals surface area contributed by atoms with E-state index in [-0.39, 0.29) is 11.8 Å². The molecule has 1 aliphatic rings. The molecule has 1 aromatic heterocycles. The zero-order valence-corrected chi connectivity index (χ0v) is 19.6. The summed E-state index contributed by atoms with van der Waals surface area (Å²) in [7, 11) is -0.510. The first kappa shape index (κ1) is 23.9. The molecule has 176 valence electrons. The van der Waals surface area contributed by atoms with Crippen molar-refractivity contribution in [3.05, 3.63) is 29.8 Å². The van der Waals surface area contributed by atoms with Crippen LogP contribution in [-0.2, 0) is 16.7 Å². The van der Waals surface area contributed by atoms with Crippen LogP contribution in [0.4, 0.5) is 5.95 Å². The average Bonchev–Trinajstić information content (AvgIpc) is 2.76. The first-order valence-electron chi connectivity index (χ1n) is 10.4. The van der Waals surface area contributed by atoms with Crippen molar-refractivity contribution in [2.45, 2.75) is 32.4 Å². The summed E-state index contributed by atoms with van der Waals surface area (Å²) in [5.74, 6) is 2.02. The molecular weight excluding hydrogens is 436 g/mol. The van der Waals surface area contributed by atoms with Gasteiger partial charge in [0.15, 0.2) is 11.5 Å². The number of hydrogen-bond donors (Lipinski definition) is 1. The van der Waals surface area contributed by atoms with Gasteiger partial charge in [-0.3, -0.25) is 4.90 Å². The second-order valence-electron chi connectivity index (χ2n) is 7.47. The second kappa shape index (κ2) is 10.7. The number of nitrogens with zero attached hydrogens (tertiary/aromatic N) is 3. The number of ether oxygens (including phenoxy) is 3. The largest absolute Gasteiger partial charge is 0.490 e. The number of anilines is 1. The van der Waals surface area contributed by atoms with Crippen LogP contribution in [0.5, 0.6) is 23.3 Å². The van der Waals surface area contributed by atoms with E-state index in [1.165, 1.54) is 0 Å². The minimum Gasteiger partial charge on any atom is -0.490 e. The van der Waals surface area contributed by atoms with Crippen LogP contribution in [0.1, 0.15) is 25.3 Å². The van der Waals surface area contributed by atoms with E-state index in [9.17, 15) is 8.42 Å². The molecular formula is C21H30N4O6S. The molecule has 1 aliphatic heterocycles. The smallest absolute Gasteiger partial charge is 0.306 e. The molecule has 0 unspecified atom stereocenters. The maximum atomic E-state index is 11.5. The molecule has 1 saturated heterocycles. The second-order valence-corrected chi connectivity index (χ2v) is 9.05. The number of benzene rings is 1. The van der Waals surface area contributed by atoms with Gasteiger partial charge in [-0.2, -0.15) is 18.4 Å². The lowest BCUT2D eigenvalue weighted by Gasteiger charge is -2.32. The molecule has 11 heteroatoms. The van der Waals surface area contributed by atoms with Crippen molar-refractivity contribution >= 4 is 16.1 Å². The van der Waals surface area contributed by atoms with Gasteiger partial charge in [0.25, 0.3) is 0 Å². The fourth-order valence-electron chi connectivity index (χ4n) is 3.50. The van der Waals surface area contributed by atoms with E-state index in [1.807, 2.05) is 19.1 Å². The summed E-state index contributed by atoms with van der Waals surface area (Å²) in [5, 5.41) is 3.37. The van der Waals surface area contributed by atoms with Crippen molar-refractivity contribution < 1.29 is 26.8 Å². The van der Waals surface area contributed by atoms with Crippen molar-refractivity contribution in [2.24, 2.45) is 0 Å². The van der Waals surface area contributed by atoms with Gasteiger partial charge in [0, 0.05) is 25.7 Å². The highest BCUT2D eigenvalue weighted by molar-refractivity contribution is 7.86. The monoisotopic (exact) mass is 466 g/mol. The van der Waals surface area contributed by atoms with E-state index in [2.05, 4.69) is 20.2 Å². The fourth-order valence-corrected chi connectivity index (χ4v) is 3.97. The van der Waals surface area contributed by atoms with Crippen molar-refractivity contribution in [2.75, 3.05) is 45.5 Å². The van der Waals surface area contributed by atoms with Crippen LogP contribution in [0.2, 0.25) is 0 Å². The van der Waals surface area contributed by atoms with E-state index >= 15 is 0 Å². The average molecular weight is 467 g/mol. The number of likely N-dealkylation sites (tertiary alicyclic amines) is 1. The molecule has 2 aromatic rings. The van der Waals surface area contributed by atoms with E-state index < -0.39 is 10.1 Å². The predicted octanol–water partition coefficient (Wildman–Crippen LogP) is 2.31. The minimum atomic E-state index is -3.62. The highest BCUT2D eigenvalue weighted by atomic mass is 32.2. The van der Waals surface area contributed by atoms with Gasteiger partial charge in [-0.05, 0) is 37.5 Å². The Kier molecular flexibility index (Phi) is 7.97. The van der Waals surface area contributed by atoms with Gasteiger partial charge in [-0.15, -0.1) is 0 Å². The summed E-state index contributed by atoms with van der Waals surface area (Å²) in [5.41, 5.74) is 1.03. The Hall–Kier alpha value is -2.79. The van der Waals surface area contributed by atoms with Crippen molar-refractivity contribution in [1.82, 2.24) is 14.9 Å². The van der Waals surface area contributed by atoms with E-state index in [0.717, 1.165) is 44.3 Å². The van der Waals surface area contributed by atoms with Crippen molar-refractivity contribution in [1.29, 1.82) is 0 Å². The molecule has 3 rings (SSSR count). The van der Waals surface area contributed by atoms with E-state index in [1.54, 1.807) is 26.4 Å². The van der Waals surface area contributed by atoms with E-state index in [4.69, 9.17) is 18.4 Å². The summed E-state index contributed by atoms with van der Waals surface area (Å²) in [6, 6.07) is 7.22. The zero-order chi connectivity index (χ0) is 23.1. The van der Waals surface area contributed by atoms with Crippen LogP contribution in [0, 0.1) is 0 Å². The molecule has 0 radical (unpaired) electrons. The lowest BCUT2D eigenvalue weighted by molar-refractivity contribution is 0.210. The van der Waals surface area contributed by atoms with Gasteiger partial charge < -0.3 is 23.7 Å². The molecule has 0 bridgehead atoms. The summed E-state index contributed by atoms with van der Waals surface area (Å²) < 4.78 is 44.0. The van der Waals surface area contributed by atoms with Gasteiger partial charge in [0.1, 0.15) is 0 Å². The first-order valence-corrected chi connectivity index (χ1v) is 12.2. The maximum absolute atomic E-state index is 11.5. The summed E-state index contributed by atoms with van der Waals surface area (Å²) in [6.45, 7) is 4.78. The van der Waals surface area contributed by atoms with Crippen molar-refractivity contribution in [3.63, 3.8) is 0 Å². The SMILES string of the molecule is CCOc1cc(CN2CCC(Nc3nc(OC)cc(OC)n3)CC2)ccc1OS(C)(=O)=O. The molecule has 0 saturated carbocycles. The Balaban J connectivity index is 1.58.